The summed E-state index contributed by atoms with van der Waals surface area (Å²) in [5.41, 5.74) is 0.932. The maximum atomic E-state index is 11.5. The van der Waals surface area contributed by atoms with Crippen LogP contribution in [0.3, 0.4) is 0 Å². The topological polar surface area (TPSA) is 105 Å². The number of cyclic esters (lactones) is 1. The number of rotatable bonds is 3. The van der Waals surface area contributed by atoms with Gasteiger partial charge in [-0.05, 0) is 24.3 Å². The minimum Gasteiger partial charge on any atom is -0.478 e. The number of benzene rings is 1. The second-order valence-electron chi connectivity index (χ2n) is 3.74. The zero-order valence-corrected chi connectivity index (χ0v) is 9.67. The Hall–Kier alpha value is -2.83. The van der Waals surface area contributed by atoms with E-state index in [1.807, 2.05) is 0 Å². The van der Waals surface area contributed by atoms with Crippen molar-refractivity contribution in [3.63, 3.8) is 0 Å². The normalized spacial score (nSPS) is 13.5. The number of urea groups is 1. The Morgan fingerprint density at radius 1 is 1.16 bits per heavy atom. The Bertz CT molecular complexity index is 562. The highest BCUT2D eigenvalue weighted by atomic mass is 16.5. The van der Waals surface area contributed by atoms with E-state index in [-0.39, 0.29) is 12.2 Å². The fourth-order valence-corrected chi connectivity index (χ4v) is 1.45. The summed E-state index contributed by atoms with van der Waals surface area (Å²) in [5.74, 6) is -1.54. The Kier molecular flexibility index (Phi) is 3.46. The summed E-state index contributed by atoms with van der Waals surface area (Å²) in [7, 11) is 0. The van der Waals surface area contributed by atoms with Crippen LogP contribution in [-0.4, -0.2) is 29.7 Å². The summed E-state index contributed by atoms with van der Waals surface area (Å²) in [5, 5.41) is 13.7. The molecule has 0 aliphatic carbocycles. The van der Waals surface area contributed by atoms with Gasteiger partial charge in [0.05, 0.1) is 11.3 Å². The number of anilines is 1. The van der Waals surface area contributed by atoms with Gasteiger partial charge in [-0.15, -0.1) is 0 Å². The van der Waals surface area contributed by atoms with Gasteiger partial charge in [0.1, 0.15) is 6.61 Å². The average molecular weight is 262 g/mol. The third-order valence-electron chi connectivity index (χ3n) is 2.33. The van der Waals surface area contributed by atoms with Crippen LogP contribution in [0, 0.1) is 0 Å². The van der Waals surface area contributed by atoms with Gasteiger partial charge in [-0.2, -0.15) is 0 Å². The van der Waals surface area contributed by atoms with E-state index < -0.39 is 18.0 Å². The van der Waals surface area contributed by atoms with E-state index in [2.05, 4.69) is 15.4 Å². The predicted molar refractivity (Wildman–Crippen MR) is 64.6 cm³/mol. The number of hydrogen-bond acceptors (Lipinski definition) is 4. The van der Waals surface area contributed by atoms with Gasteiger partial charge in [0.25, 0.3) is 0 Å². The summed E-state index contributed by atoms with van der Waals surface area (Å²) < 4.78 is 4.62. The van der Waals surface area contributed by atoms with E-state index in [4.69, 9.17) is 5.11 Å². The van der Waals surface area contributed by atoms with Crippen LogP contribution in [0.15, 0.2) is 36.0 Å². The largest absolute Gasteiger partial charge is 0.478 e. The average Bonchev–Trinajstić information content (AvgIpc) is 2.75. The molecule has 0 radical (unpaired) electrons. The van der Waals surface area contributed by atoms with Crippen LogP contribution in [0.2, 0.25) is 0 Å². The first-order valence-corrected chi connectivity index (χ1v) is 5.33. The molecule has 1 aromatic rings. The molecule has 0 bridgehead atoms. The van der Waals surface area contributed by atoms with Gasteiger partial charge in [-0.1, -0.05) is 0 Å². The first-order valence-electron chi connectivity index (χ1n) is 5.33. The number of carboxylic acids is 1. The lowest BCUT2D eigenvalue weighted by molar-refractivity contribution is -0.134. The predicted octanol–water partition coefficient (Wildman–Crippen LogP) is 0.947. The molecule has 19 heavy (non-hydrogen) atoms. The number of hydrogen-bond donors (Lipinski definition) is 3. The van der Waals surface area contributed by atoms with Gasteiger partial charge in [-0.3, -0.25) is 0 Å². The number of ether oxygens (including phenoxy) is 1. The van der Waals surface area contributed by atoms with Crippen molar-refractivity contribution < 1.29 is 24.2 Å². The summed E-state index contributed by atoms with van der Waals surface area (Å²) >= 11 is 0. The molecule has 0 unspecified atom stereocenters. The molecule has 2 amide bonds. The third kappa shape index (κ3) is 3.32. The molecule has 7 nitrogen and oxygen atoms in total. The number of carbonyl (C=O) groups excluding carboxylic acids is 2. The number of esters is 1. The van der Waals surface area contributed by atoms with E-state index in [1.54, 1.807) is 0 Å². The Morgan fingerprint density at radius 3 is 2.37 bits per heavy atom. The van der Waals surface area contributed by atoms with Crippen molar-refractivity contribution in [3.05, 3.63) is 41.6 Å². The SMILES string of the molecule is O=C(NC1=CC(=O)OC1)Nc1ccc(C(=O)O)cc1. The van der Waals surface area contributed by atoms with Crippen LogP contribution in [-0.2, 0) is 9.53 Å². The summed E-state index contributed by atoms with van der Waals surface area (Å²) in [6.45, 7) is 0.0319. The van der Waals surface area contributed by atoms with Crippen LogP contribution in [0.25, 0.3) is 0 Å². The Labute approximate surface area is 107 Å². The van der Waals surface area contributed by atoms with E-state index >= 15 is 0 Å². The van der Waals surface area contributed by atoms with Crippen LogP contribution in [0.4, 0.5) is 10.5 Å². The molecular weight excluding hydrogens is 252 g/mol. The molecule has 0 spiro atoms. The van der Waals surface area contributed by atoms with Gasteiger partial charge < -0.3 is 20.5 Å². The molecule has 0 aromatic heterocycles. The Morgan fingerprint density at radius 2 is 1.84 bits per heavy atom. The fraction of sp³-hybridized carbons (Fsp3) is 0.0833. The Balaban J connectivity index is 1.93. The number of carbonyl (C=O) groups is 3. The van der Waals surface area contributed by atoms with Crippen LogP contribution in [0.1, 0.15) is 10.4 Å². The van der Waals surface area contributed by atoms with Crippen molar-refractivity contribution in [1.29, 1.82) is 0 Å². The molecule has 1 aliphatic heterocycles. The van der Waals surface area contributed by atoms with Gasteiger partial charge in [-0.25, -0.2) is 14.4 Å². The molecule has 7 heteroatoms. The zero-order chi connectivity index (χ0) is 13.8. The minimum absolute atomic E-state index is 0.0319. The second kappa shape index (κ2) is 5.21. The molecule has 98 valence electrons. The first-order chi connectivity index (χ1) is 9.04. The van der Waals surface area contributed by atoms with E-state index in [0.717, 1.165) is 0 Å². The van der Waals surface area contributed by atoms with Gasteiger partial charge in [0.2, 0.25) is 0 Å². The molecule has 0 fully saturated rings. The van der Waals surface area contributed by atoms with Gasteiger partial charge >= 0.3 is 18.0 Å². The maximum Gasteiger partial charge on any atom is 0.335 e. The molecule has 0 saturated heterocycles. The van der Waals surface area contributed by atoms with Crippen LogP contribution >= 0.6 is 0 Å². The van der Waals surface area contributed by atoms with Gasteiger partial charge in [0.15, 0.2) is 0 Å². The lowest BCUT2D eigenvalue weighted by Crippen LogP contribution is -2.28. The molecule has 1 heterocycles. The van der Waals surface area contributed by atoms with Gasteiger partial charge in [0, 0.05) is 11.8 Å². The number of carboxylic acid groups (broad SMARTS) is 1. The quantitative estimate of drug-likeness (QED) is 0.703. The van der Waals surface area contributed by atoms with E-state index in [9.17, 15) is 14.4 Å². The molecule has 1 aliphatic rings. The highest BCUT2D eigenvalue weighted by Crippen LogP contribution is 2.10. The third-order valence-corrected chi connectivity index (χ3v) is 2.33. The van der Waals surface area contributed by atoms with Crippen molar-refractivity contribution in [2.75, 3.05) is 11.9 Å². The van der Waals surface area contributed by atoms with Crippen molar-refractivity contribution in [1.82, 2.24) is 5.32 Å². The molecule has 0 saturated carbocycles. The van der Waals surface area contributed by atoms with Crippen molar-refractivity contribution in [2.45, 2.75) is 0 Å². The number of nitrogens with one attached hydrogen (secondary N) is 2. The summed E-state index contributed by atoms with van der Waals surface area (Å²) in [4.78, 5) is 33.0. The molecule has 2 rings (SSSR count). The standard InChI is InChI=1S/C12H10N2O5/c15-10-5-9(6-19-10)14-12(18)13-8-3-1-7(2-4-8)11(16)17/h1-5H,6H2,(H,16,17)(H2,13,14,18). The molecular formula is C12H10N2O5. The van der Waals surface area contributed by atoms with Crippen molar-refractivity contribution in [3.8, 4) is 0 Å². The maximum absolute atomic E-state index is 11.5. The summed E-state index contributed by atoms with van der Waals surface area (Å²) in [6.07, 6.45) is 1.19. The molecule has 0 atom stereocenters. The number of amides is 2. The summed E-state index contributed by atoms with van der Waals surface area (Å²) in [6, 6.07) is 5.15. The van der Waals surface area contributed by atoms with Crippen LogP contribution < -0.4 is 10.6 Å². The van der Waals surface area contributed by atoms with E-state index in [0.29, 0.717) is 11.4 Å². The lowest BCUT2D eigenvalue weighted by atomic mass is 10.2. The zero-order valence-electron chi connectivity index (χ0n) is 9.67. The highest BCUT2D eigenvalue weighted by Gasteiger charge is 2.15. The monoisotopic (exact) mass is 262 g/mol. The molecule has 3 N–H and O–H groups in total. The highest BCUT2D eigenvalue weighted by molar-refractivity contribution is 5.93. The lowest BCUT2D eigenvalue weighted by Gasteiger charge is -2.07. The minimum atomic E-state index is -1.04. The second-order valence-corrected chi connectivity index (χ2v) is 3.74. The molecule has 1 aromatic carbocycles. The fourth-order valence-electron chi connectivity index (χ4n) is 1.45. The van der Waals surface area contributed by atoms with E-state index in [1.165, 1.54) is 30.3 Å². The first kappa shape index (κ1) is 12.6. The van der Waals surface area contributed by atoms with Crippen molar-refractivity contribution in [2.24, 2.45) is 0 Å². The number of aromatic carboxylic acids is 1. The van der Waals surface area contributed by atoms with Crippen molar-refractivity contribution >= 4 is 23.7 Å². The smallest absolute Gasteiger partial charge is 0.335 e. The van der Waals surface area contributed by atoms with Crippen LogP contribution in [0.5, 0.6) is 0 Å².